The molecule has 10 heavy (non-hydrogen) atoms. The minimum atomic E-state index is -1.30. The highest BCUT2D eigenvalue weighted by molar-refractivity contribution is 4.86. The highest BCUT2D eigenvalue weighted by Gasteiger charge is 2.34. The summed E-state index contributed by atoms with van der Waals surface area (Å²) in [5.74, 6) is 0. The Kier molecular flexibility index (Phi) is 2.22. The van der Waals surface area contributed by atoms with Crippen LogP contribution in [0.1, 0.15) is 0 Å². The number of aliphatic hydroxyl groups is 4. The van der Waals surface area contributed by atoms with Crippen LogP contribution >= 0.6 is 0 Å². The van der Waals surface area contributed by atoms with Gasteiger partial charge >= 0.3 is 0 Å². The summed E-state index contributed by atoms with van der Waals surface area (Å²) in [7, 11) is 0. The maximum Gasteiger partial charge on any atom is 0.133 e. The third-order valence-corrected chi connectivity index (χ3v) is 1.60. The lowest BCUT2D eigenvalue weighted by molar-refractivity contribution is -0.139. The number of nitrogens with one attached hydrogen (secondary N) is 1. The minimum absolute atomic E-state index is 0.0966. The molecule has 0 amide bonds. The maximum absolute atomic E-state index is 8.92. The number of piperidine rings is 1. The molecule has 0 spiro atoms. The zero-order chi connectivity index (χ0) is 7.72. The van der Waals surface area contributed by atoms with E-state index in [1.165, 1.54) is 0 Å². The molecule has 0 aromatic rings. The summed E-state index contributed by atoms with van der Waals surface area (Å²) in [6.07, 6.45) is -4.70. The molecule has 5 heteroatoms. The molecular formula is C5H11NO4. The van der Waals surface area contributed by atoms with Gasteiger partial charge in [-0.2, -0.15) is 0 Å². The van der Waals surface area contributed by atoms with Gasteiger partial charge in [0.15, 0.2) is 0 Å². The molecule has 3 unspecified atom stereocenters. The Morgan fingerprint density at radius 1 is 1.00 bits per heavy atom. The Hall–Kier alpha value is -0.200. The third-order valence-electron chi connectivity index (χ3n) is 1.60. The normalized spacial score (nSPS) is 49.2. The van der Waals surface area contributed by atoms with E-state index in [0.717, 1.165) is 0 Å². The van der Waals surface area contributed by atoms with Gasteiger partial charge in [0.1, 0.15) is 18.4 Å². The average Bonchev–Trinajstić information content (AvgIpc) is 1.93. The molecular weight excluding hydrogens is 138 g/mol. The van der Waals surface area contributed by atoms with Crippen LogP contribution in [0.3, 0.4) is 0 Å². The van der Waals surface area contributed by atoms with Gasteiger partial charge in [0.25, 0.3) is 0 Å². The summed E-state index contributed by atoms with van der Waals surface area (Å²) in [4.78, 5) is 0. The first-order chi connectivity index (χ1) is 4.63. The Bertz CT molecular complexity index is 106. The molecule has 1 heterocycles. The van der Waals surface area contributed by atoms with E-state index in [0.29, 0.717) is 0 Å². The second kappa shape index (κ2) is 2.81. The first kappa shape index (κ1) is 7.90. The van der Waals surface area contributed by atoms with E-state index in [9.17, 15) is 0 Å². The molecule has 0 aromatic heterocycles. The molecule has 0 bridgehead atoms. The van der Waals surface area contributed by atoms with Gasteiger partial charge in [0, 0.05) is 6.54 Å². The van der Waals surface area contributed by atoms with Gasteiger partial charge in [-0.05, 0) is 0 Å². The molecule has 0 aromatic carbocycles. The molecule has 1 saturated heterocycles. The van der Waals surface area contributed by atoms with Crippen LogP contribution in [0.25, 0.3) is 0 Å². The van der Waals surface area contributed by atoms with E-state index in [4.69, 9.17) is 20.4 Å². The van der Waals surface area contributed by atoms with Crippen molar-refractivity contribution in [2.45, 2.75) is 24.5 Å². The Labute approximate surface area is 57.9 Å². The fraction of sp³-hybridized carbons (Fsp3) is 1.00. The van der Waals surface area contributed by atoms with Crippen LogP contribution in [0, 0.1) is 0 Å². The van der Waals surface area contributed by atoms with Crippen molar-refractivity contribution in [3.05, 3.63) is 0 Å². The SMILES string of the molecule is OC1NCC(O)[C@@H](O)C1O. The summed E-state index contributed by atoms with van der Waals surface area (Å²) in [6, 6.07) is 0. The van der Waals surface area contributed by atoms with Crippen molar-refractivity contribution in [2.75, 3.05) is 6.54 Å². The monoisotopic (exact) mass is 149 g/mol. The molecule has 1 aliphatic rings. The van der Waals surface area contributed by atoms with Crippen LogP contribution in [0.4, 0.5) is 0 Å². The van der Waals surface area contributed by atoms with Crippen molar-refractivity contribution >= 4 is 0 Å². The number of aliphatic hydroxyl groups excluding tert-OH is 4. The van der Waals surface area contributed by atoms with E-state index in [-0.39, 0.29) is 6.54 Å². The van der Waals surface area contributed by atoms with Crippen LogP contribution < -0.4 is 5.32 Å². The van der Waals surface area contributed by atoms with Crippen LogP contribution in [0.15, 0.2) is 0 Å². The predicted octanol–water partition coefficient (Wildman–Crippen LogP) is -3.01. The zero-order valence-corrected chi connectivity index (χ0v) is 5.31. The van der Waals surface area contributed by atoms with E-state index >= 15 is 0 Å². The number of hydrogen-bond acceptors (Lipinski definition) is 5. The van der Waals surface area contributed by atoms with Crippen LogP contribution in [0.2, 0.25) is 0 Å². The molecule has 1 rings (SSSR count). The number of rotatable bonds is 0. The first-order valence-electron chi connectivity index (χ1n) is 3.08. The molecule has 1 fully saturated rings. The van der Waals surface area contributed by atoms with E-state index in [1.807, 2.05) is 0 Å². The van der Waals surface area contributed by atoms with Crippen molar-refractivity contribution in [3.8, 4) is 0 Å². The summed E-state index contributed by atoms with van der Waals surface area (Å²) in [5, 5.41) is 37.9. The minimum Gasteiger partial charge on any atom is -0.389 e. The lowest BCUT2D eigenvalue weighted by Gasteiger charge is -2.32. The standard InChI is InChI=1S/C5H11NO4/c7-2-1-6-5(10)4(9)3(2)8/h2-10H,1H2/t2?,3-,4?,5?/m1/s1. The van der Waals surface area contributed by atoms with Crippen molar-refractivity contribution in [1.82, 2.24) is 5.32 Å². The first-order valence-corrected chi connectivity index (χ1v) is 3.08. The van der Waals surface area contributed by atoms with Gasteiger partial charge in [0.2, 0.25) is 0 Å². The van der Waals surface area contributed by atoms with Crippen molar-refractivity contribution in [3.63, 3.8) is 0 Å². The smallest absolute Gasteiger partial charge is 0.133 e. The highest BCUT2D eigenvalue weighted by Crippen LogP contribution is 2.07. The Morgan fingerprint density at radius 3 is 2.10 bits per heavy atom. The fourth-order valence-corrected chi connectivity index (χ4v) is 0.897. The third kappa shape index (κ3) is 1.28. The number of β-amino-alcohol motifs (C(OH)–C–C–N with tert-alkyl or cyclic N) is 1. The van der Waals surface area contributed by atoms with Gasteiger partial charge in [-0.3, -0.25) is 5.32 Å². The van der Waals surface area contributed by atoms with Crippen LogP contribution in [0.5, 0.6) is 0 Å². The van der Waals surface area contributed by atoms with Crippen LogP contribution in [-0.4, -0.2) is 51.5 Å². The second-order valence-electron chi connectivity index (χ2n) is 2.40. The van der Waals surface area contributed by atoms with Crippen molar-refractivity contribution < 1.29 is 20.4 Å². The molecule has 0 saturated carbocycles. The van der Waals surface area contributed by atoms with Crippen LogP contribution in [-0.2, 0) is 0 Å². The van der Waals surface area contributed by atoms with Gasteiger partial charge in [-0.1, -0.05) is 0 Å². The molecule has 60 valence electrons. The summed E-state index contributed by atoms with van der Waals surface area (Å²) in [6.45, 7) is 0.0966. The Morgan fingerprint density at radius 2 is 1.60 bits per heavy atom. The topological polar surface area (TPSA) is 93.0 Å². The zero-order valence-electron chi connectivity index (χ0n) is 5.31. The summed E-state index contributed by atoms with van der Waals surface area (Å²) >= 11 is 0. The molecule has 0 radical (unpaired) electrons. The largest absolute Gasteiger partial charge is 0.389 e. The molecule has 1 aliphatic heterocycles. The Balaban J connectivity index is 2.52. The molecule has 5 nitrogen and oxygen atoms in total. The van der Waals surface area contributed by atoms with Crippen molar-refractivity contribution in [1.29, 1.82) is 0 Å². The van der Waals surface area contributed by atoms with Gasteiger partial charge in [-0.15, -0.1) is 0 Å². The lowest BCUT2D eigenvalue weighted by atomic mass is 10.0. The van der Waals surface area contributed by atoms with Crippen molar-refractivity contribution in [2.24, 2.45) is 0 Å². The quantitative estimate of drug-likeness (QED) is 0.253. The summed E-state index contributed by atoms with van der Waals surface area (Å²) < 4.78 is 0. The molecule has 0 aliphatic carbocycles. The van der Waals surface area contributed by atoms with E-state index < -0.39 is 24.5 Å². The fourth-order valence-electron chi connectivity index (χ4n) is 0.897. The number of hydrogen-bond donors (Lipinski definition) is 5. The summed E-state index contributed by atoms with van der Waals surface area (Å²) in [5.41, 5.74) is 0. The average molecular weight is 149 g/mol. The molecule has 4 atom stereocenters. The maximum atomic E-state index is 8.92. The lowest BCUT2D eigenvalue weighted by Crippen LogP contribution is -2.59. The van der Waals surface area contributed by atoms with Gasteiger partial charge in [0.05, 0.1) is 6.10 Å². The van der Waals surface area contributed by atoms with Gasteiger partial charge in [-0.25, -0.2) is 0 Å². The van der Waals surface area contributed by atoms with E-state index in [2.05, 4.69) is 5.32 Å². The van der Waals surface area contributed by atoms with E-state index in [1.54, 1.807) is 0 Å². The second-order valence-corrected chi connectivity index (χ2v) is 2.40. The highest BCUT2D eigenvalue weighted by atomic mass is 16.4. The predicted molar refractivity (Wildman–Crippen MR) is 32.0 cm³/mol. The molecule has 5 N–H and O–H groups in total. The van der Waals surface area contributed by atoms with Gasteiger partial charge < -0.3 is 20.4 Å².